The average molecular weight is 439 g/mol. The van der Waals surface area contributed by atoms with E-state index in [1.54, 1.807) is 54.1 Å². The fraction of sp³-hybridized carbons (Fsp3) is 0.130. The summed E-state index contributed by atoms with van der Waals surface area (Å²) in [6.45, 7) is 1.61. The number of hydrogen-bond donors (Lipinski definition) is 2. The van der Waals surface area contributed by atoms with Crippen LogP contribution < -0.4 is 10.3 Å². The number of aromatic amines is 1. The van der Waals surface area contributed by atoms with Crippen molar-refractivity contribution in [3.8, 4) is 11.1 Å². The third-order valence-electron chi connectivity index (χ3n) is 5.13. The van der Waals surface area contributed by atoms with Gasteiger partial charge in [-0.2, -0.15) is 0 Å². The van der Waals surface area contributed by atoms with E-state index in [1.165, 1.54) is 18.3 Å². The number of amides is 1. The van der Waals surface area contributed by atoms with Crippen molar-refractivity contribution in [2.75, 3.05) is 6.26 Å². The monoisotopic (exact) mass is 439 g/mol. The van der Waals surface area contributed by atoms with Crippen LogP contribution in [0.5, 0.6) is 0 Å². The van der Waals surface area contributed by atoms with Crippen LogP contribution in [0.15, 0.2) is 59.5 Å². The molecule has 2 aromatic heterocycles. The van der Waals surface area contributed by atoms with Crippen molar-refractivity contribution >= 4 is 28.8 Å². The minimum atomic E-state index is -0.462. The van der Waals surface area contributed by atoms with Crippen molar-refractivity contribution in [1.82, 2.24) is 14.3 Å². The smallest absolute Gasteiger partial charge is 0.278 e. The molecule has 0 aliphatic carbocycles. The summed E-state index contributed by atoms with van der Waals surface area (Å²) in [7, 11) is 0. The van der Waals surface area contributed by atoms with Crippen molar-refractivity contribution in [2.24, 2.45) is 0 Å². The molecule has 0 unspecified atom stereocenters. The minimum Gasteiger partial charge on any atom is -0.331 e. The molecule has 8 heteroatoms. The standard InChI is InChI=1S/C23H19F2N3O2S/c1-13-10-16-19(11-18(13)25)28(12-14-6-3-4-8-17(14)24)21(23(30)27-31-2)20(16)15-7-5-9-26-22(15)29/h3-11H,12H2,1-2H3,(H,26,29)(H,27,30). The molecule has 0 spiro atoms. The molecule has 4 aromatic rings. The largest absolute Gasteiger partial charge is 0.331 e. The second-order valence-corrected chi connectivity index (χ2v) is 7.68. The Morgan fingerprint density at radius 2 is 1.90 bits per heavy atom. The second-order valence-electron chi connectivity index (χ2n) is 7.07. The van der Waals surface area contributed by atoms with Gasteiger partial charge in [-0.25, -0.2) is 8.78 Å². The van der Waals surface area contributed by atoms with E-state index in [1.807, 2.05) is 0 Å². The molecule has 31 heavy (non-hydrogen) atoms. The minimum absolute atomic E-state index is 0.00640. The number of nitrogens with zero attached hydrogens (tertiary/aromatic N) is 1. The Labute approximate surface area is 181 Å². The van der Waals surface area contributed by atoms with Gasteiger partial charge in [0.05, 0.1) is 12.1 Å². The predicted octanol–water partition coefficient (Wildman–Crippen LogP) is 4.64. The number of fused-ring (bicyclic) bond motifs is 1. The lowest BCUT2D eigenvalue weighted by molar-refractivity contribution is 0.0977. The highest BCUT2D eigenvalue weighted by atomic mass is 32.2. The zero-order valence-corrected chi connectivity index (χ0v) is 17.6. The van der Waals surface area contributed by atoms with Gasteiger partial charge in [0, 0.05) is 34.5 Å². The molecule has 2 N–H and O–H groups in total. The maximum Gasteiger partial charge on any atom is 0.278 e. The zero-order valence-electron chi connectivity index (χ0n) is 16.8. The van der Waals surface area contributed by atoms with E-state index in [2.05, 4.69) is 9.71 Å². The summed E-state index contributed by atoms with van der Waals surface area (Å²) in [5.74, 6) is -1.35. The van der Waals surface area contributed by atoms with Gasteiger partial charge >= 0.3 is 0 Å². The van der Waals surface area contributed by atoms with Crippen LogP contribution >= 0.6 is 11.9 Å². The molecule has 0 bridgehead atoms. The summed E-state index contributed by atoms with van der Waals surface area (Å²) in [5, 5.41) is 0.540. The van der Waals surface area contributed by atoms with Crippen LogP contribution in [-0.2, 0) is 6.54 Å². The van der Waals surface area contributed by atoms with Crippen molar-refractivity contribution in [1.29, 1.82) is 0 Å². The van der Waals surface area contributed by atoms with Gasteiger partial charge in [0.25, 0.3) is 11.5 Å². The van der Waals surface area contributed by atoms with Crippen molar-refractivity contribution in [3.63, 3.8) is 0 Å². The molecule has 0 saturated carbocycles. The summed E-state index contributed by atoms with van der Waals surface area (Å²) in [6.07, 6.45) is 3.19. The lowest BCUT2D eigenvalue weighted by Crippen LogP contribution is -2.22. The summed E-state index contributed by atoms with van der Waals surface area (Å²) in [5.41, 5.74) is 1.55. The number of H-pyrrole nitrogens is 1. The molecule has 2 heterocycles. The first-order valence-corrected chi connectivity index (χ1v) is 10.7. The maximum absolute atomic E-state index is 14.6. The Hall–Kier alpha value is -3.39. The van der Waals surface area contributed by atoms with Crippen LogP contribution in [-0.4, -0.2) is 21.7 Å². The van der Waals surface area contributed by atoms with Gasteiger partial charge in [-0.3, -0.25) is 14.3 Å². The SMILES string of the molecule is CSNC(=O)c1c(-c2ccc[nH]c2=O)c2cc(C)c(F)cc2n1Cc1ccccc1F. The van der Waals surface area contributed by atoms with Crippen molar-refractivity contribution in [3.05, 3.63) is 93.5 Å². The first kappa shape index (κ1) is 20.9. The van der Waals surface area contributed by atoms with E-state index in [0.29, 0.717) is 27.6 Å². The highest BCUT2D eigenvalue weighted by molar-refractivity contribution is 7.97. The van der Waals surface area contributed by atoms with E-state index >= 15 is 0 Å². The maximum atomic E-state index is 14.6. The summed E-state index contributed by atoms with van der Waals surface area (Å²) < 4.78 is 33.2. The Morgan fingerprint density at radius 1 is 1.13 bits per heavy atom. The summed E-state index contributed by atoms with van der Waals surface area (Å²) >= 11 is 1.10. The third kappa shape index (κ3) is 3.74. The molecule has 5 nitrogen and oxygen atoms in total. The number of benzene rings is 2. The van der Waals surface area contributed by atoms with Crippen LogP contribution in [0.4, 0.5) is 8.78 Å². The topological polar surface area (TPSA) is 66.9 Å². The van der Waals surface area contributed by atoms with Gasteiger partial charge in [0.15, 0.2) is 0 Å². The van der Waals surface area contributed by atoms with E-state index in [-0.39, 0.29) is 23.4 Å². The molecule has 0 radical (unpaired) electrons. The van der Waals surface area contributed by atoms with Gasteiger partial charge in [0.1, 0.15) is 17.3 Å². The molecule has 2 aromatic carbocycles. The van der Waals surface area contributed by atoms with E-state index in [9.17, 15) is 18.4 Å². The predicted molar refractivity (Wildman–Crippen MR) is 119 cm³/mol. The molecule has 1 amide bonds. The molecule has 0 aliphatic heterocycles. The highest BCUT2D eigenvalue weighted by Crippen LogP contribution is 2.36. The van der Waals surface area contributed by atoms with Crippen LogP contribution in [0.2, 0.25) is 0 Å². The lowest BCUT2D eigenvalue weighted by Gasteiger charge is -2.12. The Balaban J connectivity index is 2.12. The van der Waals surface area contributed by atoms with E-state index in [0.717, 1.165) is 11.9 Å². The van der Waals surface area contributed by atoms with Gasteiger partial charge in [-0.15, -0.1) is 0 Å². The van der Waals surface area contributed by atoms with Gasteiger partial charge < -0.3 is 9.55 Å². The molecule has 0 aliphatic rings. The molecule has 0 atom stereocenters. The molecule has 0 fully saturated rings. The first-order chi connectivity index (χ1) is 14.9. The summed E-state index contributed by atoms with van der Waals surface area (Å²) in [6, 6.07) is 12.4. The number of aryl methyl sites for hydroxylation is 1. The number of carbonyl (C=O) groups excluding carboxylic acids is 1. The number of hydrogen-bond acceptors (Lipinski definition) is 3. The van der Waals surface area contributed by atoms with Gasteiger partial charge in [-0.05, 0) is 42.8 Å². The van der Waals surface area contributed by atoms with Crippen molar-refractivity contribution < 1.29 is 13.6 Å². The Bertz CT molecular complexity index is 1360. The van der Waals surface area contributed by atoms with Gasteiger partial charge in [-0.1, -0.05) is 30.1 Å². The molecular weight excluding hydrogens is 420 g/mol. The van der Waals surface area contributed by atoms with E-state index < -0.39 is 17.5 Å². The van der Waals surface area contributed by atoms with Gasteiger partial charge in [0.2, 0.25) is 0 Å². The van der Waals surface area contributed by atoms with Crippen LogP contribution in [0.25, 0.3) is 22.0 Å². The molecule has 0 saturated heterocycles. The number of rotatable bonds is 5. The fourth-order valence-electron chi connectivity index (χ4n) is 3.71. The number of nitrogens with one attached hydrogen (secondary N) is 2. The Morgan fingerprint density at radius 3 is 2.61 bits per heavy atom. The first-order valence-electron chi connectivity index (χ1n) is 9.49. The summed E-state index contributed by atoms with van der Waals surface area (Å²) in [4.78, 5) is 28.4. The molecule has 4 rings (SSSR count). The van der Waals surface area contributed by atoms with Crippen LogP contribution in [0.3, 0.4) is 0 Å². The quantitative estimate of drug-likeness (QED) is 0.445. The zero-order chi connectivity index (χ0) is 22.1. The highest BCUT2D eigenvalue weighted by Gasteiger charge is 2.26. The fourth-order valence-corrected chi connectivity index (χ4v) is 3.99. The average Bonchev–Trinajstić information content (AvgIpc) is 3.03. The van der Waals surface area contributed by atoms with Crippen molar-refractivity contribution in [2.45, 2.75) is 13.5 Å². The molecule has 158 valence electrons. The van der Waals surface area contributed by atoms with E-state index in [4.69, 9.17) is 0 Å². The van der Waals surface area contributed by atoms with Crippen LogP contribution in [0, 0.1) is 18.6 Å². The lowest BCUT2D eigenvalue weighted by atomic mass is 10.0. The Kier molecular flexibility index (Phi) is 5.65. The van der Waals surface area contributed by atoms with Crippen LogP contribution in [0.1, 0.15) is 21.6 Å². The number of carbonyl (C=O) groups is 1. The number of halogens is 2. The normalized spacial score (nSPS) is 11.1. The third-order valence-corrected chi connectivity index (χ3v) is 5.52. The molecular formula is C23H19F2N3O2S. The number of pyridine rings is 1. The number of aromatic nitrogens is 2. The second kappa shape index (κ2) is 8.39.